The minimum atomic E-state index is -0.221. The van der Waals surface area contributed by atoms with E-state index in [1.54, 1.807) is 32.6 Å². The first kappa shape index (κ1) is 24.0. The summed E-state index contributed by atoms with van der Waals surface area (Å²) in [7, 11) is 3.31. The van der Waals surface area contributed by atoms with Gasteiger partial charge in [-0.05, 0) is 72.0 Å². The van der Waals surface area contributed by atoms with Crippen LogP contribution in [0.1, 0.15) is 36.5 Å². The molecule has 0 saturated heterocycles. The van der Waals surface area contributed by atoms with Crippen LogP contribution in [0.5, 0.6) is 11.5 Å². The maximum absolute atomic E-state index is 13.5. The zero-order chi connectivity index (χ0) is 24.9. The van der Waals surface area contributed by atoms with Crippen molar-refractivity contribution in [2.75, 3.05) is 14.2 Å². The molecule has 0 spiro atoms. The van der Waals surface area contributed by atoms with Gasteiger partial charge in [-0.3, -0.25) is 4.79 Å². The average molecular weight is 468 g/mol. The third kappa shape index (κ3) is 5.01. The Morgan fingerprint density at radius 2 is 1.74 bits per heavy atom. The molecule has 0 radical (unpaired) electrons. The van der Waals surface area contributed by atoms with E-state index < -0.39 is 0 Å². The highest BCUT2D eigenvalue weighted by molar-refractivity contribution is 5.82. The van der Waals surface area contributed by atoms with Gasteiger partial charge in [0.1, 0.15) is 11.5 Å². The number of rotatable bonds is 7. The van der Waals surface area contributed by atoms with Crippen molar-refractivity contribution >= 4 is 23.2 Å². The van der Waals surface area contributed by atoms with Gasteiger partial charge in [0.2, 0.25) is 0 Å². The van der Waals surface area contributed by atoms with Crippen LogP contribution in [0.2, 0.25) is 0 Å². The fourth-order valence-electron chi connectivity index (χ4n) is 3.95. The fraction of sp³-hybridized carbons (Fsp3) is 0.207. The van der Waals surface area contributed by atoms with Crippen molar-refractivity contribution in [3.8, 4) is 22.9 Å². The Labute approximate surface area is 205 Å². The van der Waals surface area contributed by atoms with Crippen molar-refractivity contribution in [1.82, 2.24) is 9.66 Å². The van der Waals surface area contributed by atoms with Crippen molar-refractivity contribution in [3.05, 3.63) is 93.8 Å². The lowest BCUT2D eigenvalue weighted by Gasteiger charge is -2.17. The second-order valence-electron chi connectivity index (χ2n) is 8.53. The average Bonchev–Trinajstić information content (AvgIpc) is 2.87. The molecular formula is C29H29N3O3. The van der Waals surface area contributed by atoms with Gasteiger partial charge in [-0.1, -0.05) is 44.2 Å². The van der Waals surface area contributed by atoms with Crippen LogP contribution >= 0.6 is 0 Å². The highest BCUT2D eigenvalue weighted by Crippen LogP contribution is 2.34. The number of benzene rings is 3. The van der Waals surface area contributed by atoms with Gasteiger partial charge >= 0.3 is 0 Å². The number of nitrogens with zero attached hydrogens (tertiary/aromatic N) is 3. The second-order valence-corrected chi connectivity index (χ2v) is 8.53. The molecule has 0 bridgehead atoms. The van der Waals surface area contributed by atoms with Gasteiger partial charge in [-0.15, -0.1) is 0 Å². The number of fused-ring (bicyclic) bond motifs is 1. The Balaban J connectivity index is 1.84. The molecule has 0 N–H and O–H groups in total. The number of aromatic nitrogens is 2. The molecule has 3 aromatic carbocycles. The van der Waals surface area contributed by atoms with Gasteiger partial charge in [0.15, 0.2) is 5.82 Å². The van der Waals surface area contributed by atoms with Crippen LogP contribution < -0.4 is 15.0 Å². The van der Waals surface area contributed by atoms with Gasteiger partial charge in [-0.25, -0.2) is 4.98 Å². The molecule has 6 heteroatoms. The number of allylic oxidation sites excluding steroid dienone is 1. The quantitative estimate of drug-likeness (QED) is 0.310. The number of hydrogen-bond donors (Lipinski definition) is 0. The van der Waals surface area contributed by atoms with Crippen LogP contribution in [0, 0.1) is 6.92 Å². The van der Waals surface area contributed by atoms with Crippen LogP contribution in [0.15, 0.2) is 76.6 Å². The third-order valence-electron chi connectivity index (χ3n) is 5.87. The molecular weight excluding hydrogens is 438 g/mol. The predicted molar refractivity (Wildman–Crippen MR) is 143 cm³/mol. The predicted octanol–water partition coefficient (Wildman–Crippen LogP) is 6.06. The Bertz CT molecular complexity index is 1470. The van der Waals surface area contributed by atoms with Crippen LogP contribution in [0.25, 0.3) is 28.4 Å². The molecule has 0 aliphatic heterocycles. The standard InChI is InChI=1S/C29H29N3O3/c1-19(2)24-18-25(20(3)17-27(24)35-5)28-31-26-11-7-6-10-23(26)29(33)32(28)30-16-8-9-21-12-14-22(34-4)15-13-21/h6-19H,1-5H3/b9-8+,30-16?. The van der Waals surface area contributed by atoms with E-state index in [0.717, 1.165) is 33.8 Å². The SMILES string of the molecule is COc1ccc(/C=C/C=Nn2c(-c3cc(C(C)C)c(OC)cc3C)nc3ccccc3c2=O)cc1. The summed E-state index contributed by atoms with van der Waals surface area (Å²) in [6, 6.07) is 19.1. The summed E-state index contributed by atoms with van der Waals surface area (Å²) in [5, 5.41) is 5.03. The Morgan fingerprint density at radius 3 is 2.43 bits per heavy atom. The molecule has 1 aromatic heterocycles. The first-order chi connectivity index (χ1) is 16.9. The van der Waals surface area contributed by atoms with E-state index in [2.05, 4.69) is 25.0 Å². The monoisotopic (exact) mass is 467 g/mol. The number of para-hydroxylation sites is 1. The lowest BCUT2D eigenvalue weighted by molar-refractivity contribution is 0.407. The molecule has 1 heterocycles. The molecule has 0 saturated carbocycles. The van der Waals surface area contributed by atoms with Gasteiger partial charge in [-0.2, -0.15) is 9.78 Å². The Hall–Kier alpha value is -4.19. The molecule has 4 aromatic rings. The summed E-state index contributed by atoms with van der Waals surface area (Å²) in [6.45, 7) is 6.21. The topological polar surface area (TPSA) is 65.7 Å². The molecule has 0 amide bonds. The number of ether oxygens (including phenoxy) is 2. The lowest BCUT2D eigenvalue weighted by Crippen LogP contribution is -2.20. The van der Waals surface area contributed by atoms with Crippen LogP contribution in [0.3, 0.4) is 0 Å². The second kappa shape index (κ2) is 10.4. The van der Waals surface area contributed by atoms with Crippen LogP contribution in [-0.2, 0) is 0 Å². The highest BCUT2D eigenvalue weighted by Gasteiger charge is 2.18. The summed E-state index contributed by atoms with van der Waals surface area (Å²) in [6.07, 6.45) is 5.32. The van der Waals surface area contributed by atoms with Crippen LogP contribution in [0.4, 0.5) is 0 Å². The Morgan fingerprint density at radius 1 is 1.00 bits per heavy atom. The number of hydrogen-bond acceptors (Lipinski definition) is 5. The third-order valence-corrected chi connectivity index (χ3v) is 5.87. The fourth-order valence-corrected chi connectivity index (χ4v) is 3.95. The molecule has 178 valence electrons. The molecule has 0 aliphatic rings. The molecule has 0 aliphatic carbocycles. The van der Waals surface area contributed by atoms with E-state index >= 15 is 0 Å². The van der Waals surface area contributed by atoms with Crippen LogP contribution in [-0.4, -0.2) is 30.1 Å². The van der Waals surface area contributed by atoms with E-state index in [0.29, 0.717) is 16.7 Å². The summed E-state index contributed by atoms with van der Waals surface area (Å²) >= 11 is 0. The zero-order valence-corrected chi connectivity index (χ0v) is 20.6. The molecule has 4 rings (SSSR count). The minimum Gasteiger partial charge on any atom is -0.497 e. The van der Waals surface area contributed by atoms with E-state index in [1.165, 1.54) is 4.68 Å². The molecule has 0 unspecified atom stereocenters. The summed E-state index contributed by atoms with van der Waals surface area (Å²) in [5.74, 6) is 2.34. The first-order valence-corrected chi connectivity index (χ1v) is 11.5. The first-order valence-electron chi connectivity index (χ1n) is 11.5. The summed E-state index contributed by atoms with van der Waals surface area (Å²) < 4.78 is 12.2. The van der Waals surface area contributed by atoms with Crippen molar-refractivity contribution in [2.45, 2.75) is 26.7 Å². The van der Waals surface area contributed by atoms with Crippen molar-refractivity contribution in [2.24, 2.45) is 5.10 Å². The Kier molecular flexibility index (Phi) is 7.11. The van der Waals surface area contributed by atoms with Gasteiger partial charge in [0.25, 0.3) is 5.56 Å². The van der Waals surface area contributed by atoms with Gasteiger partial charge in [0, 0.05) is 11.8 Å². The normalized spacial score (nSPS) is 11.7. The number of aryl methyl sites for hydroxylation is 1. The van der Waals surface area contributed by atoms with Crippen molar-refractivity contribution in [3.63, 3.8) is 0 Å². The van der Waals surface area contributed by atoms with Crippen molar-refractivity contribution < 1.29 is 9.47 Å². The van der Waals surface area contributed by atoms with E-state index in [-0.39, 0.29) is 11.5 Å². The summed E-state index contributed by atoms with van der Waals surface area (Å²) in [5.41, 5.74) is 4.24. The highest BCUT2D eigenvalue weighted by atomic mass is 16.5. The molecule has 35 heavy (non-hydrogen) atoms. The molecule has 0 fully saturated rings. The minimum absolute atomic E-state index is 0.221. The van der Waals surface area contributed by atoms with Gasteiger partial charge in [0.05, 0.1) is 25.1 Å². The largest absolute Gasteiger partial charge is 0.497 e. The van der Waals surface area contributed by atoms with Crippen molar-refractivity contribution in [1.29, 1.82) is 0 Å². The molecule has 0 atom stereocenters. The van der Waals surface area contributed by atoms with E-state index in [9.17, 15) is 4.79 Å². The lowest BCUT2D eigenvalue weighted by atomic mass is 9.96. The molecule has 6 nitrogen and oxygen atoms in total. The van der Waals surface area contributed by atoms with E-state index in [1.807, 2.05) is 61.5 Å². The maximum atomic E-state index is 13.5. The zero-order valence-electron chi connectivity index (χ0n) is 20.6. The summed E-state index contributed by atoms with van der Waals surface area (Å²) in [4.78, 5) is 18.3. The smallest absolute Gasteiger partial charge is 0.282 e. The van der Waals surface area contributed by atoms with E-state index in [4.69, 9.17) is 14.5 Å². The number of methoxy groups -OCH3 is 2. The maximum Gasteiger partial charge on any atom is 0.282 e. The van der Waals surface area contributed by atoms with Gasteiger partial charge < -0.3 is 9.47 Å².